The van der Waals surface area contributed by atoms with Crippen LogP contribution in [0, 0.1) is 0 Å². The Labute approximate surface area is 162 Å². The van der Waals surface area contributed by atoms with Crippen LogP contribution < -0.4 is 10.1 Å². The summed E-state index contributed by atoms with van der Waals surface area (Å²) in [5.41, 5.74) is 1.83. The van der Waals surface area contributed by atoms with E-state index >= 15 is 0 Å². The normalized spacial score (nSPS) is 10.8. The zero-order valence-corrected chi connectivity index (χ0v) is 16.5. The zero-order chi connectivity index (χ0) is 19.2. The number of rotatable bonds is 8. The first-order valence-corrected chi connectivity index (χ1v) is 9.69. The fourth-order valence-electron chi connectivity index (χ4n) is 2.78. The molecule has 0 saturated heterocycles. The van der Waals surface area contributed by atoms with Crippen LogP contribution in [0.1, 0.15) is 18.4 Å². The molecule has 3 rings (SSSR count). The number of aromatic nitrogens is 4. The minimum atomic E-state index is -0.112. The van der Waals surface area contributed by atoms with Crippen LogP contribution in [0.2, 0.25) is 0 Å². The summed E-state index contributed by atoms with van der Waals surface area (Å²) in [6.07, 6.45) is 2.72. The number of hydrogen-bond acceptors (Lipinski definition) is 5. The number of nitrogens with zero attached hydrogens (tertiary/aromatic N) is 4. The van der Waals surface area contributed by atoms with E-state index in [2.05, 4.69) is 33.1 Å². The quantitative estimate of drug-likeness (QED) is 0.604. The Morgan fingerprint density at radius 3 is 2.74 bits per heavy atom. The standard InChI is InChI=1S/C19H23N5O2S/c1-4-24-17(12-14-8-7-11-23(14)2)21-22-19(24)27-13-18(25)20-15-9-5-6-10-16(15)26-3/h5-11H,4,12-13H2,1-3H3,(H,20,25). The summed E-state index contributed by atoms with van der Waals surface area (Å²) in [7, 11) is 3.59. The maximum atomic E-state index is 12.3. The first-order valence-electron chi connectivity index (χ1n) is 8.70. The molecule has 0 spiro atoms. The molecule has 1 N–H and O–H groups in total. The average Bonchev–Trinajstić information content (AvgIpc) is 3.26. The second kappa shape index (κ2) is 8.77. The van der Waals surface area contributed by atoms with Crippen LogP contribution in [-0.4, -0.2) is 38.1 Å². The second-order valence-corrected chi connectivity index (χ2v) is 6.91. The molecular formula is C19H23N5O2S. The number of methoxy groups -OCH3 is 1. The van der Waals surface area contributed by atoms with Gasteiger partial charge in [0.1, 0.15) is 11.6 Å². The highest BCUT2D eigenvalue weighted by Gasteiger charge is 2.15. The molecule has 0 aliphatic heterocycles. The third kappa shape index (κ3) is 4.51. The molecule has 8 heteroatoms. The van der Waals surface area contributed by atoms with Gasteiger partial charge in [-0.05, 0) is 31.2 Å². The Morgan fingerprint density at radius 1 is 1.22 bits per heavy atom. The van der Waals surface area contributed by atoms with Gasteiger partial charge in [0.15, 0.2) is 5.16 Å². The molecule has 0 fully saturated rings. The highest BCUT2D eigenvalue weighted by molar-refractivity contribution is 7.99. The van der Waals surface area contributed by atoms with Crippen molar-refractivity contribution >= 4 is 23.4 Å². The lowest BCUT2D eigenvalue weighted by Crippen LogP contribution is -2.15. The van der Waals surface area contributed by atoms with Crippen molar-refractivity contribution in [1.29, 1.82) is 0 Å². The minimum absolute atomic E-state index is 0.112. The summed E-state index contributed by atoms with van der Waals surface area (Å²) < 4.78 is 9.38. The molecule has 142 valence electrons. The lowest BCUT2D eigenvalue weighted by molar-refractivity contribution is -0.113. The van der Waals surface area contributed by atoms with Crippen molar-refractivity contribution in [1.82, 2.24) is 19.3 Å². The number of thioether (sulfide) groups is 1. The van der Waals surface area contributed by atoms with E-state index < -0.39 is 0 Å². The minimum Gasteiger partial charge on any atom is -0.495 e. The Morgan fingerprint density at radius 2 is 2.04 bits per heavy atom. The van der Waals surface area contributed by atoms with Crippen molar-refractivity contribution in [2.75, 3.05) is 18.2 Å². The molecule has 0 atom stereocenters. The fraction of sp³-hybridized carbons (Fsp3) is 0.316. The van der Waals surface area contributed by atoms with Crippen LogP contribution in [0.15, 0.2) is 47.8 Å². The van der Waals surface area contributed by atoms with Crippen molar-refractivity contribution in [2.24, 2.45) is 7.05 Å². The van der Waals surface area contributed by atoms with Crippen molar-refractivity contribution in [3.05, 3.63) is 54.1 Å². The molecule has 0 unspecified atom stereocenters. The summed E-state index contributed by atoms with van der Waals surface area (Å²) in [5.74, 6) is 1.67. The zero-order valence-electron chi connectivity index (χ0n) is 15.7. The van der Waals surface area contributed by atoms with Gasteiger partial charge in [-0.1, -0.05) is 23.9 Å². The molecule has 3 aromatic rings. The van der Waals surface area contributed by atoms with E-state index in [9.17, 15) is 4.79 Å². The van der Waals surface area contributed by atoms with Gasteiger partial charge in [-0.3, -0.25) is 4.79 Å². The van der Waals surface area contributed by atoms with Crippen molar-refractivity contribution in [2.45, 2.75) is 25.0 Å². The van der Waals surface area contributed by atoms with Crippen LogP contribution in [0.3, 0.4) is 0 Å². The van der Waals surface area contributed by atoms with Gasteiger partial charge in [0, 0.05) is 31.9 Å². The molecule has 2 heterocycles. The van der Waals surface area contributed by atoms with E-state index in [1.165, 1.54) is 17.5 Å². The molecular weight excluding hydrogens is 362 g/mol. The van der Waals surface area contributed by atoms with Gasteiger partial charge in [0.05, 0.1) is 18.6 Å². The Hall–Kier alpha value is -2.74. The highest BCUT2D eigenvalue weighted by Crippen LogP contribution is 2.24. The number of anilines is 1. The van der Waals surface area contributed by atoms with Gasteiger partial charge in [0.2, 0.25) is 5.91 Å². The third-order valence-corrected chi connectivity index (χ3v) is 5.18. The topological polar surface area (TPSA) is 74.0 Å². The van der Waals surface area contributed by atoms with Gasteiger partial charge < -0.3 is 19.2 Å². The molecule has 1 aromatic carbocycles. The molecule has 2 aromatic heterocycles. The number of amides is 1. The Bertz CT molecular complexity index is 918. The van der Waals surface area contributed by atoms with E-state index in [-0.39, 0.29) is 11.7 Å². The van der Waals surface area contributed by atoms with Crippen LogP contribution >= 0.6 is 11.8 Å². The van der Waals surface area contributed by atoms with Crippen LogP contribution in [0.4, 0.5) is 5.69 Å². The smallest absolute Gasteiger partial charge is 0.234 e. The average molecular weight is 385 g/mol. The van der Waals surface area contributed by atoms with Crippen LogP contribution in [-0.2, 0) is 24.8 Å². The first kappa shape index (κ1) is 19.0. The Kier molecular flexibility index (Phi) is 6.18. The second-order valence-electron chi connectivity index (χ2n) is 5.97. The predicted octanol–water partition coefficient (Wildman–Crippen LogP) is 2.97. The number of nitrogens with one attached hydrogen (secondary N) is 1. The molecule has 7 nitrogen and oxygen atoms in total. The van der Waals surface area contributed by atoms with Gasteiger partial charge in [-0.25, -0.2) is 0 Å². The molecule has 0 aliphatic carbocycles. The van der Waals surface area contributed by atoms with E-state index in [1.807, 2.05) is 48.1 Å². The SMILES string of the molecule is CCn1c(Cc2cccn2C)nnc1SCC(=O)Nc1ccccc1OC. The lowest BCUT2D eigenvalue weighted by Gasteiger charge is -2.10. The molecule has 27 heavy (non-hydrogen) atoms. The summed E-state index contributed by atoms with van der Waals surface area (Å²) >= 11 is 1.38. The number of aryl methyl sites for hydroxylation is 1. The van der Waals surface area contributed by atoms with Crippen molar-refractivity contribution in [3.63, 3.8) is 0 Å². The van der Waals surface area contributed by atoms with Gasteiger partial charge in [-0.15, -0.1) is 10.2 Å². The highest BCUT2D eigenvalue weighted by atomic mass is 32.2. The largest absolute Gasteiger partial charge is 0.495 e. The number of ether oxygens (including phenoxy) is 1. The molecule has 0 aliphatic rings. The lowest BCUT2D eigenvalue weighted by atomic mass is 10.3. The van der Waals surface area contributed by atoms with E-state index in [1.54, 1.807) is 7.11 Å². The summed E-state index contributed by atoms with van der Waals surface area (Å²) in [6, 6.07) is 11.4. The van der Waals surface area contributed by atoms with E-state index in [4.69, 9.17) is 4.74 Å². The Balaban J connectivity index is 1.64. The first-order chi connectivity index (χ1) is 13.1. The monoisotopic (exact) mass is 385 g/mol. The summed E-state index contributed by atoms with van der Waals surface area (Å²) in [4.78, 5) is 12.3. The molecule has 0 radical (unpaired) electrons. The summed E-state index contributed by atoms with van der Waals surface area (Å²) in [5, 5.41) is 12.2. The third-order valence-electron chi connectivity index (χ3n) is 4.21. The number of hydrogen-bond donors (Lipinski definition) is 1. The van der Waals surface area contributed by atoms with Gasteiger partial charge in [-0.2, -0.15) is 0 Å². The van der Waals surface area contributed by atoms with Crippen molar-refractivity contribution in [3.8, 4) is 5.75 Å². The molecule has 0 saturated carbocycles. The summed E-state index contributed by atoms with van der Waals surface area (Å²) in [6.45, 7) is 2.81. The number of benzene rings is 1. The van der Waals surface area contributed by atoms with Crippen molar-refractivity contribution < 1.29 is 9.53 Å². The number of para-hydroxylation sites is 2. The van der Waals surface area contributed by atoms with Crippen LogP contribution in [0.5, 0.6) is 5.75 Å². The fourth-order valence-corrected chi connectivity index (χ4v) is 3.60. The maximum Gasteiger partial charge on any atom is 0.234 e. The van der Waals surface area contributed by atoms with E-state index in [0.29, 0.717) is 17.9 Å². The van der Waals surface area contributed by atoms with E-state index in [0.717, 1.165) is 17.5 Å². The number of carbonyl (C=O) groups excluding carboxylic acids is 1. The predicted molar refractivity (Wildman–Crippen MR) is 106 cm³/mol. The molecule has 0 bridgehead atoms. The van der Waals surface area contributed by atoms with Gasteiger partial charge in [0.25, 0.3) is 0 Å². The molecule has 1 amide bonds. The van der Waals surface area contributed by atoms with Crippen LogP contribution in [0.25, 0.3) is 0 Å². The number of carbonyl (C=O) groups is 1. The maximum absolute atomic E-state index is 12.3. The van der Waals surface area contributed by atoms with Gasteiger partial charge >= 0.3 is 0 Å².